The number of hydrogen-bond acceptors (Lipinski definition) is 4. The highest BCUT2D eigenvalue weighted by Gasteiger charge is 2.28. The third-order valence-corrected chi connectivity index (χ3v) is 5.36. The smallest absolute Gasteiger partial charge is 0.180 e. The SMILES string of the molecule is Cc1ccccc1S(=O)(=O)CC(N)C1CCOC1. The van der Waals surface area contributed by atoms with Crippen molar-refractivity contribution >= 4 is 9.84 Å². The Hall–Kier alpha value is -0.910. The van der Waals surface area contributed by atoms with E-state index < -0.39 is 9.84 Å². The minimum Gasteiger partial charge on any atom is -0.381 e. The van der Waals surface area contributed by atoms with E-state index in [1.165, 1.54) is 0 Å². The lowest BCUT2D eigenvalue weighted by Gasteiger charge is -2.18. The largest absolute Gasteiger partial charge is 0.381 e. The summed E-state index contributed by atoms with van der Waals surface area (Å²) in [5.41, 5.74) is 6.76. The molecule has 4 nitrogen and oxygen atoms in total. The molecule has 100 valence electrons. The summed E-state index contributed by atoms with van der Waals surface area (Å²) in [6.45, 7) is 3.06. The first kappa shape index (κ1) is 13.5. The summed E-state index contributed by atoms with van der Waals surface area (Å²) in [6, 6.07) is 6.67. The lowest BCUT2D eigenvalue weighted by molar-refractivity contribution is 0.182. The second-order valence-corrected chi connectivity index (χ2v) is 6.84. The van der Waals surface area contributed by atoms with Gasteiger partial charge in [0.15, 0.2) is 9.84 Å². The van der Waals surface area contributed by atoms with E-state index in [4.69, 9.17) is 10.5 Å². The molecule has 0 radical (unpaired) electrons. The number of ether oxygens (including phenoxy) is 1. The van der Waals surface area contributed by atoms with Crippen LogP contribution in [0.15, 0.2) is 29.2 Å². The Morgan fingerprint density at radius 2 is 2.17 bits per heavy atom. The van der Waals surface area contributed by atoms with Crippen LogP contribution < -0.4 is 5.73 Å². The van der Waals surface area contributed by atoms with Gasteiger partial charge in [0, 0.05) is 18.6 Å². The van der Waals surface area contributed by atoms with Gasteiger partial charge < -0.3 is 10.5 Å². The van der Waals surface area contributed by atoms with Crippen LogP contribution in [0.5, 0.6) is 0 Å². The highest BCUT2D eigenvalue weighted by molar-refractivity contribution is 7.91. The fourth-order valence-electron chi connectivity index (χ4n) is 2.28. The lowest BCUT2D eigenvalue weighted by atomic mass is 10.0. The first-order chi connectivity index (χ1) is 8.50. The van der Waals surface area contributed by atoms with Gasteiger partial charge in [0.2, 0.25) is 0 Å². The number of benzene rings is 1. The Morgan fingerprint density at radius 3 is 2.78 bits per heavy atom. The Bertz CT molecular complexity index is 507. The van der Waals surface area contributed by atoms with Gasteiger partial charge in [-0.15, -0.1) is 0 Å². The van der Waals surface area contributed by atoms with Crippen molar-refractivity contribution in [1.29, 1.82) is 0 Å². The van der Waals surface area contributed by atoms with Crippen LogP contribution >= 0.6 is 0 Å². The molecule has 1 aliphatic heterocycles. The topological polar surface area (TPSA) is 69.4 Å². The Balaban J connectivity index is 2.14. The minimum atomic E-state index is -3.31. The third kappa shape index (κ3) is 2.91. The highest BCUT2D eigenvalue weighted by atomic mass is 32.2. The van der Waals surface area contributed by atoms with Gasteiger partial charge in [0.1, 0.15) is 0 Å². The van der Waals surface area contributed by atoms with E-state index in [0.29, 0.717) is 18.1 Å². The molecule has 5 heteroatoms. The first-order valence-corrected chi connectivity index (χ1v) is 7.77. The van der Waals surface area contributed by atoms with Gasteiger partial charge in [0.05, 0.1) is 17.3 Å². The van der Waals surface area contributed by atoms with Gasteiger partial charge >= 0.3 is 0 Å². The molecule has 0 aromatic heterocycles. The highest BCUT2D eigenvalue weighted by Crippen LogP contribution is 2.21. The van der Waals surface area contributed by atoms with Crippen molar-refractivity contribution in [3.63, 3.8) is 0 Å². The molecule has 1 aromatic carbocycles. The summed E-state index contributed by atoms with van der Waals surface area (Å²) in [4.78, 5) is 0.388. The maximum absolute atomic E-state index is 12.3. The van der Waals surface area contributed by atoms with Crippen LogP contribution in [-0.4, -0.2) is 33.4 Å². The van der Waals surface area contributed by atoms with E-state index in [9.17, 15) is 8.42 Å². The molecule has 0 aliphatic carbocycles. The third-order valence-electron chi connectivity index (χ3n) is 3.41. The zero-order valence-electron chi connectivity index (χ0n) is 10.5. The molecule has 1 aromatic rings. The Morgan fingerprint density at radius 1 is 1.44 bits per heavy atom. The van der Waals surface area contributed by atoms with Crippen molar-refractivity contribution in [2.24, 2.45) is 11.7 Å². The summed E-state index contributed by atoms with van der Waals surface area (Å²) in [5, 5.41) is 0. The van der Waals surface area contributed by atoms with Crippen molar-refractivity contribution in [3.8, 4) is 0 Å². The number of nitrogens with two attached hydrogens (primary N) is 1. The maximum atomic E-state index is 12.3. The van der Waals surface area contributed by atoms with Gasteiger partial charge in [-0.25, -0.2) is 8.42 Å². The van der Waals surface area contributed by atoms with E-state index in [0.717, 1.165) is 12.0 Å². The van der Waals surface area contributed by atoms with Crippen LogP contribution in [0, 0.1) is 12.8 Å². The molecule has 2 N–H and O–H groups in total. The summed E-state index contributed by atoms with van der Waals surface area (Å²) in [7, 11) is -3.31. The Labute approximate surface area is 108 Å². The van der Waals surface area contributed by atoms with Crippen LogP contribution in [0.1, 0.15) is 12.0 Å². The predicted molar refractivity (Wildman–Crippen MR) is 70.1 cm³/mol. The molecular formula is C13H19NO3S. The fourth-order valence-corrected chi connectivity index (χ4v) is 4.08. The minimum absolute atomic E-state index is 0.00806. The summed E-state index contributed by atoms with van der Waals surface area (Å²) in [6.07, 6.45) is 0.852. The fraction of sp³-hybridized carbons (Fsp3) is 0.538. The number of sulfone groups is 1. The van der Waals surface area contributed by atoms with E-state index in [-0.39, 0.29) is 17.7 Å². The average molecular weight is 269 g/mol. The quantitative estimate of drug-likeness (QED) is 0.889. The van der Waals surface area contributed by atoms with Crippen LogP contribution in [-0.2, 0) is 14.6 Å². The van der Waals surface area contributed by atoms with E-state index in [1.54, 1.807) is 25.1 Å². The van der Waals surface area contributed by atoms with E-state index in [2.05, 4.69) is 0 Å². The molecular weight excluding hydrogens is 250 g/mol. The molecule has 2 atom stereocenters. The second-order valence-electron chi connectivity index (χ2n) is 4.83. The van der Waals surface area contributed by atoms with Gasteiger partial charge in [-0.2, -0.15) is 0 Å². The zero-order valence-corrected chi connectivity index (χ0v) is 11.3. The van der Waals surface area contributed by atoms with Crippen molar-refractivity contribution in [1.82, 2.24) is 0 Å². The summed E-state index contributed by atoms with van der Waals surface area (Å²) >= 11 is 0. The first-order valence-electron chi connectivity index (χ1n) is 6.12. The molecule has 0 saturated carbocycles. The van der Waals surface area contributed by atoms with Crippen LogP contribution in [0.2, 0.25) is 0 Å². The number of rotatable bonds is 4. The molecule has 18 heavy (non-hydrogen) atoms. The molecule has 0 spiro atoms. The lowest BCUT2D eigenvalue weighted by Crippen LogP contribution is -2.37. The Kier molecular flexibility index (Phi) is 4.04. The number of hydrogen-bond donors (Lipinski definition) is 1. The summed E-state index contributed by atoms with van der Waals surface area (Å²) in [5.74, 6) is 0.148. The maximum Gasteiger partial charge on any atom is 0.180 e. The van der Waals surface area contributed by atoms with Crippen molar-refractivity contribution in [3.05, 3.63) is 29.8 Å². The molecule has 1 aliphatic rings. The average Bonchev–Trinajstić information content (AvgIpc) is 2.82. The van der Waals surface area contributed by atoms with Crippen LogP contribution in [0.3, 0.4) is 0 Å². The molecule has 2 unspecified atom stereocenters. The predicted octanol–water partition coefficient (Wildman–Crippen LogP) is 1.13. The molecule has 0 bridgehead atoms. The van der Waals surface area contributed by atoms with Gasteiger partial charge in [-0.05, 0) is 25.0 Å². The van der Waals surface area contributed by atoms with Crippen LogP contribution in [0.4, 0.5) is 0 Å². The van der Waals surface area contributed by atoms with E-state index >= 15 is 0 Å². The molecule has 1 saturated heterocycles. The zero-order chi connectivity index (χ0) is 13.2. The molecule has 0 amide bonds. The molecule has 2 rings (SSSR count). The van der Waals surface area contributed by atoms with Gasteiger partial charge in [-0.1, -0.05) is 18.2 Å². The number of aryl methyl sites for hydroxylation is 1. The van der Waals surface area contributed by atoms with Crippen molar-refractivity contribution < 1.29 is 13.2 Å². The second kappa shape index (κ2) is 5.38. The standard InChI is InChI=1S/C13H19NO3S/c1-10-4-2-3-5-13(10)18(15,16)9-12(14)11-6-7-17-8-11/h2-5,11-12H,6-9,14H2,1H3. The molecule has 1 fully saturated rings. The van der Waals surface area contributed by atoms with Crippen LogP contribution in [0.25, 0.3) is 0 Å². The molecule has 1 heterocycles. The normalized spacial score (nSPS) is 22.0. The van der Waals surface area contributed by atoms with E-state index in [1.807, 2.05) is 6.07 Å². The summed E-state index contributed by atoms with van der Waals surface area (Å²) < 4.78 is 29.8. The van der Waals surface area contributed by atoms with Crippen molar-refractivity contribution in [2.75, 3.05) is 19.0 Å². The van der Waals surface area contributed by atoms with Gasteiger partial charge in [0.25, 0.3) is 0 Å². The van der Waals surface area contributed by atoms with Crippen molar-refractivity contribution in [2.45, 2.75) is 24.3 Å². The monoisotopic (exact) mass is 269 g/mol. The van der Waals surface area contributed by atoms with Gasteiger partial charge in [-0.3, -0.25) is 0 Å².